The average Bonchev–Trinajstić information content (AvgIpc) is 2.37. The van der Waals surface area contributed by atoms with Crippen molar-refractivity contribution in [2.45, 2.75) is 6.18 Å². The highest BCUT2D eigenvalue weighted by molar-refractivity contribution is 5.68. The Balaban J connectivity index is 2.74. The van der Waals surface area contributed by atoms with Crippen LogP contribution >= 0.6 is 0 Å². The van der Waals surface area contributed by atoms with Gasteiger partial charge in [-0.2, -0.15) is 13.2 Å². The number of nitrogens with zero attached hydrogens (tertiary/aromatic N) is 1. The summed E-state index contributed by atoms with van der Waals surface area (Å²) in [5.41, 5.74) is -3.69. The summed E-state index contributed by atoms with van der Waals surface area (Å²) in [4.78, 5) is 23.9. The van der Waals surface area contributed by atoms with Crippen LogP contribution in [0.25, 0.3) is 11.1 Å². The Morgan fingerprint density at radius 2 is 1.75 bits per heavy atom. The van der Waals surface area contributed by atoms with Crippen LogP contribution in [0.3, 0.4) is 0 Å². The first kappa shape index (κ1) is 13.8. The number of hydrogen-bond donors (Lipinski definition) is 1. The number of aromatic amines is 1. The quantitative estimate of drug-likeness (QED) is 0.680. The van der Waals surface area contributed by atoms with Crippen molar-refractivity contribution in [3.63, 3.8) is 0 Å². The number of nitrogens with one attached hydrogen (secondary N) is 1. The van der Waals surface area contributed by atoms with E-state index in [4.69, 9.17) is 0 Å². The molecule has 1 heterocycles. The molecule has 0 saturated heterocycles. The molecule has 0 amide bonds. The van der Waals surface area contributed by atoms with Crippen LogP contribution in [0.4, 0.5) is 18.9 Å². The Morgan fingerprint density at radius 3 is 2.35 bits per heavy atom. The number of benzene rings is 1. The fraction of sp³-hybridized carbons (Fsp3) is 0.0833. The Morgan fingerprint density at radius 1 is 1.10 bits per heavy atom. The third-order valence-electron chi connectivity index (χ3n) is 2.64. The molecule has 0 bridgehead atoms. The van der Waals surface area contributed by atoms with Crippen LogP contribution in [0, 0.1) is 10.1 Å². The topological polar surface area (TPSA) is 76.0 Å². The second-order valence-corrected chi connectivity index (χ2v) is 3.88. The van der Waals surface area contributed by atoms with Gasteiger partial charge in [0, 0.05) is 6.20 Å². The molecular formula is C12H7F3N2O3. The van der Waals surface area contributed by atoms with E-state index in [2.05, 4.69) is 4.98 Å². The monoisotopic (exact) mass is 284 g/mol. The molecule has 8 heteroatoms. The maximum Gasteiger partial charge on any atom is 0.417 e. The molecule has 20 heavy (non-hydrogen) atoms. The third-order valence-corrected chi connectivity index (χ3v) is 2.64. The molecule has 1 aromatic carbocycles. The number of rotatable bonds is 2. The molecule has 1 aromatic heterocycles. The number of halogens is 3. The van der Waals surface area contributed by atoms with Crippen molar-refractivity contribution in [3.05, 3.63) is 62.6 Å². The second-order valence-electron chi connectivity index (χ2n) is 3.88. The number of aromatic nitrogens is 1. The number of alkyl halides is 3. The molecule has 0 fully saturated rings. The summed E-state index contributed by atoms with van der Waals surface area (Å²) in [7, 11) is 0. The van der Waals surface area contributed by atoms with E-state index in [-0.39, 0.29) is 0 Å². The molecule has 0 aliphatic carbocycles. The predicted molar refractivity (Wildman–Crippen MR) is 64.2 cm³/mol. The normalized spacial score (nSPS) is 11.3. The van der Waals surface area contributed by atoms with Gasteiger partial charge in [-0.15, -0.1) is 0 Å². The zero-order valence-corrected chi connectivity index (χ0v) is 9.77. The molecule has 0 unspecified atom stereocenters. The average molecular weight is 284 g/mol. The smallest absolute Gasteiger partial charge is 0.361 e. The van der Waals surface area contributed by atoms with Crippen molar-refractivity contribution in [3.8, 4) is 11.1 Å². The Bertz CT molecular complexity index is 722. The van der Waals surface area contributed by atoms with Crippen molar-refractivity contribution >= 4 is 5.69 Å². The summed E-state index contributed by atoms with van der Waals surface area (Å²) in [6, 6.07) is 4.41. The van der Waals surface area contributed by atoms with Crippen molar-refractivity contribution in [2.24, 2.45) is 0 Å². The van der Waals surface area contributed by atoms with E-state index in [9.17, 15) is 28.1 Å². The van der Waals surface area contributed by atoms with Crippen LogP contribution in [0.5, 0.6) is 0 Å². The van der Waals surface area contributed by atoms with Crippen molar-refractivity contribution in [1.29, 1.82) is 0 Å². The van der Waals surface area contributed by atoms with Gasteiger partial charge in [-0.1, -0.05) is 18.2 Å². The van der Waals surface area contributed by atoms with E-state index in [1.807, 2.05) is 0 Å². The number of hydrogen-bond acceptors (Lipinski definition) is 3. The fourth-order valence-corrected chi connectivity index (χ4v) is 1.77. The van der Waals surface area contributed by atoms with Gasteiger partial charge in [-0.3, -0.25) is 14.9 Å². The molecule has 5 nitrogen and oxygen atoms in total. The maximum atomic E-state index is 12.9. The highest BCUT2D eigenvalue weighted by atomic mass is 19.4. The van der Waals surface area contributed by atoms with Crippen molar-refractivity contribution < 1.29 is 18.1 Å². The zero-order valence-electron chi connectivity index (χ0n) is 9.77. The van der Waals surface area contributed by atoms with Gasteiger partial charge in [0.1, 0.15) is 0 Å². The summed E-state index contributed by atoms with van der Waals surface area (Å²) in [6.07, 6.45) is -2.81. The highest BCUT2D eigenvalue weighted by Gasteiger charge is 2.34. The van der Waals surface area contributed by atoms with Crippen LogP contribution in [0.15, 0.2) is 41.5 Å². The minimum atomic E-state index is -4.66. The Hall–Kier alpha value is -2.64. The molecule has 0 atom stereocenters. The molecule has 2 aromatic rings. The van der Waals surface area contributed by atoms with Crippen LogP contribution < -0.4 is 5.43 Å². The van der Waals surface area contributed by atoms with Gasteiger partial charge in [0.05, 0.1) is 22.2 Å². The maximum absolute atomic E-state index is 12.9. The molecule has 0 spiro atoms. The SMILES string of the molecule is O=c1c(-c2ccccc2C(F)(F)F)c[nH]cc1[N+](=O)[O-]. The van der Waals surface area contributed by atoms with Gasteiger partial charge in [0.15, 0.2) is 0 Å². The van der Waals surface area contributed by atoms with Crippen molar-refractivity contribution in [2.75, 3.05) is 0 Å². The fourth-order valence-electron chi connectivity index (χ4n) is 1.77. The standard InChI is InChI=1S/C12H7F3N2O3/c13-12(14,15)9-4-2-1-3-7(9)8-5-16-6-10(11(8)18)17(19)20/h1-6H,(H,16,18). The third kappa shape index (κ3) is 2.40. The lowest BCUT2D eigenvalue weighted by Crippen LogP contribution is -2.14. The largest absolute Gasteiger partial charge is 0.417 e. The number of nitro groups is 1. The lowest BCUT2D eigenvalue weighted by molar-refractivity contribution is -0.386. The van der Waals surface area contributed by atoms with E-state index in [0.717, 1.165) is 24.5 Å². The predicted octanol–water partition coefficient (Wildman–Crippen LogP) is 2.97. The second kappa shape index (κ2) is 4.80. The molecule has 1 N–H and O–H groups in total. The summed E-state index contributed by atoms with van der Waals surface area (Å²) >= 11 is 0. The molecule has 0 radical (unpaired) electrons. The molecule has 104 valence electrons. The van der Waals surface area contributed by atoms with Crippen LogP contribution in [-0.2, 0) is 6.18 Å². The van der Waals surface area contributed by atoms with Crippen LogP contribution in [0.2, 0.25) is 0 Å². The number of pyridine rings is 1. The van der Waals surface area contributed by atoms with E-state index in [0.29, 0.717) is 0 Å². The van der Waals surface area contributed by atoms with Crippen LogP contribution in [0.1, 0.15) is 5.56 Å². The highest BCUT2D eigenvalue weighted by Crippen LogP contribution is 2.35. The first-order valence-electron chi connectivity index (χ1n) is 5.34. The van der Waals surface area contributed by atoms with E-state index >= 15 is 0 Å². The van der Waals surface area contributed by atoms with Gasteiger partial charge in [-0.05, 0) is 11.6 Å². The first-order valence-corrected chi connectivity index (χ1v) is 5.34. The first-order chi connectivity index (χ1) is 9.32. The van der Waals surface area contributed by atoms with Gasteiger partial charge >= 0.3 is 11.9 Å². The Labute approximate surface area is 109 Å². The summed E-state index contributed by atoms with van der Waals surface area (Å²) in [6.45, 7) is 0. The van der Waals surface area contributed by atoms with E-state index in [1.165, 1.54) is 12.1 Å². The van der Waals surface area contributed by atoms with E-state index in [1.54, 1.807) is 0 Å². The summed E-state index contributed by atoms with van der Waals surface area (Å²) in [5.74, 6) is 0. The van der Waals surface area contributed by atoms with Gasteiger partial charge in [0.2, 0.25) is 0 Å². The lowest BCUT2D eigenvalue weighted by Gasteiger charge is -2.11. The molecule has 0 aliphatic rings. The zero-order chi connectivity index (χ0) is 14.9. The lowest BCUT2D eigenvalue weighted by atomic mass is 10.0. The Kier molecular flexibility index (Phi) is 3.31. The minimum Gasteiger partial charge on any atom is -0.361 e. The van der Waals surface area contributed by atoms with Gasteiger partial charge in [0.25, 0.3) is 5.43 Å². The summed E-state index contributed by atoms with van der Waals surface area (Å²) in [5, 5.41) is 10.7. The molecule has 2 rings (SSSR count). The molecule has 0 saturated carbocycles. The van der Waals surface area contributed by atoms with Gasteiger partial charge < -0.3 is 4.98 Å². The molecule has 0 aliphatic heterocycles. The van der Waals surface area contributed by atoms with E-state index < -0.39 is 38.9 Å². The van der Waals surface area contributed by atoms with Crippen molar-refractivity contribution in [1.82, 2.24) is 4.98 Å². The molecular weight excluding hydrogens is 277 g/mol. The summed E-state index contributed by atoms with van der Waals surface area (Å²) < 4.78 is 38.6. The van der Waals surface area contributed by atoms with Gasteiger partial charge in [-0.25, -0.2) is 0 Å². The number of H-pyrrole nitrogens is 1. The van der Waals surface area contributed by atoms with Crippen LogP contribution in [-0.4, -0.2) is 9.91 Å². The minimum absolute atomic E-state index is 0.396.